The van der Waals surface area contributed by atoms with Crippen LogP contribution in [-0.4, -0.2) is 326 Å². The lowest BCUT2D eigenvalue weighted by Crippen LogP contribution is -2.69. The monoisotopic (exact) mass is 990 g/mol. The first-order valence-corrected chi connectivity index (χ1v) is 21.1. The highest BCUT2D eigenvalue weighted by atomic mass is 16.8. The van der Waals surface area contributed by atoms with E-state index in [9.17, 15) is 102 Å². The van der Waals surface area contributed by atoms with Crippen LogP contribution in [0.5, 0.6) is 0 Å². The number of hydrogen-bond acceptors (Lipinski definition) is 31. The molecule has 0 amide bonds. The van der Waals surface area contributed by atoms with Crippen molar-refractivity contribution in [3.8, 4) is 0 Å². The second-order valence-electron chi connectivity index (χ2n) is 16.8. The molecule has 67 heavy (non-hydrogen) atoms. The molecule has 0 radical (unpaired) electrons. The summed E-state index contributed by atoms with van der Waals surface area (Å²) >= 11 is 0. The van der Waals surface area contributed by atoms with Crippen LogP contribution in [0.3, 0.4) is 0 Å². The fraction of sp³-hybridized carbons (Fsp3) is 1.00. The second kappa shape index (κ2) is 23.5. The lowest BCUT2D eigenvalue weighted by Gasteiger charge is -2.50. The van der Waals surface area contributed by atoms with E-state index < -0.39 is 224 Å². The quantitative estimate of drug-likeness (QED) is 0.0683. The molecule has 6 heterocycles. The summed E-state index contributed by atoms with van der Waals surface area (Å²) in [5.74, 6) is 0. The normalized spacial score (nSPS) is 53.4. The van der Waals surface area contributed by atoms with Crippen molar-refractivity contribution in [1.82, 2.24) is 0 Å². The first kappa shape index (κ1) is 55.1. The van der Waals surface area contributed by atoms with Crippen LogP contribution < -0.4 is 0 Å². The zero-order valence-electron chi connectivity index (χ0n) is 35.0. The minimum Gasteiger partial charge on any atom is -0.394 e. The predicted octanol–water partition coefficient (Wildman–Crippen LogP) is -14.1. The molecule has 31 heteroatoms. The first-order chi connectivity index (χ1) is 31.8. The van der Waals surface area contributed by atoms with E-state index in [1.54, 1.807) is 0 Å². The molecule has 0 aromatic carbocycles. The van der Waals surface area contributed by atoms with E-state index in [0.29, 0.717) is 0 Å². The number of aliphatic hydroxyl groups excluding tert-OH is 20. The molecule has 0 aromatic heterocycles. The standard InChI is InChI=1S/C36H62O31/c37-1-7-14(44)20(50)26(31(56)57-7)63-33-28(22(52)16(46)9(3-39)59-33)65-35-30(24(54)18(48)11(5-41)61-35)67-36-29(23(53)17(47)12(6-42)62-36)66-34-27(21(51)15(45)10(4-40)60-34)64-32-25(55)19(49)13(43)8(2-38)58-32/h7-56H,1-6H2/t7-,8-,9-,10-,11-,12-,13-,14-,15-,16-,17-,18-,19+,20+,21+,22+,23+,24+,25-,26-,27-,28-,29-,30-,31?,32+,33+,34+,35+,36+/m1/s1. The molecule has 6 fully saturated rings. The molecule has 0 aliphatic carbocycles. The molecular weight excluding hydrogens is 928 g/mol. The molecule has 30 atom stereocenters. The van der Waals surface area contributed by atoms with Gasteiger partial charge in [-0.3, -0.25) is 0 Å². The summed E-state index contributed by atoms with van der Waals surface area (Å²) in [6.45, 7) is -5.86. The van der Waals surface area contributed by atoms with Crippen LogP contribution in [0.2, 0.25) is 0 Å². The topological polar surface area (TPSA) is 506 Å². The van der Waals surface area contributed by atoms with Crippen molar-refractivity contribution in [1.29, 1.82) is 0 Å². The van der Waals surface area contributed by atoms with Gasteiger partial charge in [0.25, 0.3) is 0 Å². The van der Waals surface area contributed by atoms with Crippen LogP contribution in [0.25, 0.3) is 0 Å². The molecule has 1 unspecified atom stereocenters. The Kier molecular flexibility index (Phi) is 19.4. The van der Waals surface area contributed by atoms with Crippen molar-refractivity contribution in [2.45, 2.75) is 184 Å². The molecule has 0 aromatic rings. The van der Waals surface area contributed by atoms with E-state index in [0.717, 1.165) is 0 Å². The van der Waals surface area contributed by atoms with Crippen LogP contribution in [0, 0.1) is 0 Å². The molecule has 0 spiro atoms. The number of ether oxygens (including phenoxy) is 11. The van der Waals surface area contributed by atoms with Gasteiger partial charge in [0, 0.05) is 0 Å². The highest BCUT2D eigenvalue weighted by Gasteiger charge is 2.58. The number of aliphatic hydroxyl groups is 20. The Balaban J connectivity index is 1.31. The Labute approximate surface area is 378 Å². The van der Waals surface area contributed by atoms with Crippen LogP contribution in [0.1, 0.15) is 0 Å². The van der Waals surface area contributed by atoms with Crippen molar-refractivity contribution in [2.24, 2.45) is 0 Å². The van der Waals surface area contributed by atoms with Crippen molar-refractivity contribution < 1.29 is 154 Å². The predicted molar refractivity (Wildman–Crippen MR) is 199 cm³/mol. The van der Waals surface area contributed by atoms with E-state index >= 15 is 0 Å². The Morgan fingerprint density at radius 1 is 0.224 bits per heavy atom. The maximum absolute atomic E-state index is 11.5. The van der Waals surface area contributed by atoms with Gasteiger partial charge in [-0.1, -0.05) is 0 Å². The van der Waals surface area contributed by atoms with Gasteiger partial charge in [-0.15, -0.1) is 0 Å². The zero-order chi connectivity index (χ0) is 49.3. The third kappa shape index (κ3) is 11.2. The highest BCUT2D eigenvalue weighted by molar-refractivity contribution is 5.00. The lowest BCUT2D eigenvalue weighted by molar-refractivity contribution is -0.417. The Hall–Kier alpha value is -1.24. The summed E-state index contributed by atoms with van der Waals surface area (Å²) < 4.78 is 62.2. The molecule has 20 N–H and O–H groups in total. The second-order valence-corrected chi connectivity index (χ2v) is 16.8. The largest absolute Gasteiger partial charge is 0.394 e. The molecule has 6 aliphatic rings. The van der Waals surface area contributed by atoms with Gasteiger partial charge in [-0.2, -0.15) is 0 Å². The lowest BCUT2D eigenvalue weighted by atomic mass is 9.95. The molecule has 6 aliphatic heterocycles. The Morgan fingerprint density at radius 2 is 0.433 bits per heavy atom. The summed E-state index contributed by atoms with van der Waals surface area (Å²) in [5, 5.41) is 211. The smallest absolute Gasteiger partial charge is 0.187 e. The summed E-state index contributed by atoms with van der Waals surface area (Å²) in [5.41, 5.74) is 0. The van der Waals surface area contributed by atoms with Crippen LogP contribution >= 0.6 is 0 Å². The Bertz CT molecular complexity index is 1510. The summed E-state index contributed by atoms with van der Waals surface area (Å²) in [7, 11) is 0. The van der Waals surface area contributed by atoms with Gasteiger partial charge in [-0.25, -0.2) is 0 Å². The number of hydrogen-bond donors (Lipinski definition) is 20. The SMILES string of the molecule is OC[C@H]1O[C@@H](O[C@H]2[C@H](O[C@H]3[C@H](O[C@H]4[C@H](O[C@H]5[C@H](O[C@H]6C(O)O[C@H](CO)[C@@H](O)[C@@H]6O)O[C@H](CO)[C@@H](O)[C@@H]5O)O[C@H](CO)[C@@H](O)[C@@H]4O)O[C@H](CO)[C@@H](O)[C@@H]3O)O[C@H](CO)[C@@H](O)[C@@H]2O)[C@H](O)[C@@H](O)[C@@H]1O. The minimum absolute atomic E-state index is 0.865. The Morgan fingerprint density at radius 3 is 0.716 bits per heavy atom. The van der Waals surface area contributed by atoms with Gasteiger partial charge < -0.3 is 154 Å². The van der Waals surface area contributed by atoms with Gasteiger partial charge in [0.2, 0.25) is 0 Å². The van der Waals surface area contributed by atoms with Gasteiger partial charge in [0.15, 0.2) is 37.7 Å². The van der Waals surface area contributed by atoms with Crippen molar-refractivity contribution in [3.05, 3.63) is 0 Å². The summed E-state index contributed by atoms with van der Waals surface area (Å²) in [6.07, 6.45) is -60.2. The highest BCUT2D eigenvalue weighted by Crippen LogP contribution is 2.37. The van der Waals surface area contributed by atoms with Crippen molar-refractivity contribution in [2.75, 3.05) is 39.6 Å². The molecule has 0 saturated carbocycles. The molecule has 6 rings (SSSR count). The molecular formula is C36H62O31. The molecule has 0 bridgehead atoms. The number of rotatable bonds is 16. The maximum Gasteiger partial charge on any atom is 0.187 e. The van der Waals surface area contributed by atoms with Crippen LogP contribution in [0.15, 0.2) is 0 Å². The van der Waals surface area contributed by atoms with Gasteiger partial charge in [0.1, 0.15) is 146 Å². The van der Waals surface area contributed by atoms with Crippen molar-refractivity contribution >= 4 is 0 Å². The fourth-order valence-corrected chi connectivity index (χ4v) is 8.42. The van der Waals surface area contributed by atoms with E-state index in [2.05, 4.69) is 0 Å². The van der Waals surface area contributed by atoms with E-state index in [1.807, 2.05) is 0 Å². The van der Waals surface area contributed by atoms with Gasteiger partial charge in [-0.05, 0) is 0 Å². The third-order valence-electron chi connectivity index (χ3n) is 12.4. The minimum atomic E-state index is -2.25. The first-order valence-electron chi connectivity index (χ1n) is 21.1. The molecule has 31 nitrogen and oxygen atoms in total. The van der Waals surface area contributed by atoms with E-state index in [4.69, 9.17) is 52.1 Å². The average molecular weight is 991 g/mol. The third-order valence-corrected chi connectivity index (χ3v) is 12.4. The van der Waals surface area contributed by atoms with Crippen LogP contribution in [0.4, 0.5) is 0 Å². The van der Waals surface area contributed by atoms with E-state index in [-0.39, 0.29) is 0 Å². The zero-order valence-corrected chi connectivity index (χ0v) is 35.0. The molecule has 392 valence electrons. The van der Waals surface area contributed by atoms with Crippen LogP contribution in [-0.2, 0) is 52.1 Å². The van der Waals surface area contributed by atoms with Gasteiger partial charge >= 0.3 is 0 Å². The van der Waals surface area contributed by atoms with E-state index in [1.165, 1.54) is 0 Å². The average Bonchev–Trinajstić information content (AvgIpc) is 3.32. The van der Waals surface area contributed by atoms with Gasteiger partial charge in [0.05, 0.1) is 39.6 Å². The molecule has 6 saturated heterocycles. The fourth-order valence-electron chi connectivity index (χ4n) is 8.42. The summed E-state index contributed by atoms with van der Waals surface area (Å²) in [6, 6.07) is 0. The summed E-state index contributed by atoms with van der Waals surface area (Å²) in [4.78, 5) is 0. The maximum atomic E-state index is 11.5. The van der Waals surface area contributed by atoms with Crippen molar-refractivity contribution in [3.63, 3.8) is 0 Å².